The fourth-order valence-corrected chi connectivity index (χ4v) is 5.52. The smallest absolute Gasteiger partial charge is 0.225 e. The van der Waals surface area contributed by atoms with E-state index in [0.29, 0.717) is 29.0 Å². The van der Waals surface area contributed by atoms with Crippen molar-refractivity contribution in [3.05, 3.63) is 86.3 Å². The molecule has 0 aliphatic rings. The molecule has 0 saturated carbocycles. The molecule has 0 amide bonds. The number of nitrogens with zero attached hydrogens (tertiary/aromatic N) is 9. The lowest BCUT2D eigenvalue weighted by Gasteiger charge is -2.27. The molecule has 5 heterocycles. The molecule has 3 N–H and O–H groups in total. The largest absolute Gasteiger partial charge is 0.370 e. The van der Waals surface area contributed by atoms with Crippen LogP contribution in [-0.2, 0) is 39.4 Å². The lowest BCUT2D eigenvalue weighted by Crippen LogP contribution is -2.37. The molecular formula is C29H40N10O2. The Bertz CT molecular complexity index is 1580. The van der Waals surface area contributed by atoms with Crippen molar-refractivity contribution in [2.75, 3.05) is 0 Å². The Kier molecular flexibility index (Phi) is 6.43. The summed E-state index contributed by atoms with van der Waals surface area (Å²) in [6.07, 6.45) is 0. The summed E-state index contributed by atoms with van der Waals surface area (Å²) in [6.45, 7) is 15.4. The van der Waals surface area contributed by atoms with E-state index in [1.165, 1.54) is 0 Å². The van der Waals surface area contributed by atoms with Gasteiger partial charge in [-0.3, -0.25) is 5.10 Å². The molecule has 0 bridgehead atoms. The van der Waals surface area contributed by atoms with Gasteiger partial charge in [0.05, 0.1) is 28.5 Å². The molecule has 0 radical (unpaired) electrons. The first-order valence-corrected chi connectivity index (χ1v) is 13.6. The Balaban J connectivity index is 1.83. The average Bonchev–Trinajstić information content (AvgIpc) is 3.72. The lowest BCUT2D eigenvalue weighted by atomic mass is 9.92. The summed E-state index contributed by atoms with van der Waals surface area (Å²) in [4.78, 5) is 19.1. The highest BCUT2D eigenvalue weighted by Crippen LogP contribution is 2.40. The monoisotopic (exact) mass is 560 g/mol. The maximum atomic E-state index is 12.7. The number of aryl methyl sites for hydroxylation is 4. The Morgan fingerprint density at radius 2 is 0.829 bits per heavy atom. The molecule has 5 aromatic rings. The van der Waals surface area contributed by atoms with E-state index in [1.54, 1.807) is 6.07 Å². The zero-order valence-corrected chi connectivity index (χ0v) is 26.0. The van der Waals surface area contributed by atoms with Crippen molar-refractivity contribution in [2.24, 2.45) is 28.2 Å². The quantitative estimate of drug-likeness (QED) is 0.290. The van der Waals surface area contributed by atoms with Crippen LogP contribution in [0, 0.1) is 55.4 Å². The molecule has 5 rings (SSSR count). The van der Waals surface area contributed by atoms with E-state index < -0.39 is 11.2 Å². The molecule has 0 fully saturated rings. The summed E-state index contributed by atoms with van der Waals surface area (Å²) in [6, 6.07) is 1.66. The molecule has 41 heavy (non-hydrogen) atoms. The van der Waals surface area contributed by atoms with Crippen LogP contribution in [0.3, 0.4) is 0 Å². The summed E-state index contributed by atoms with van der Waals surface area (Å²) in [5.74, 6) is 1.50. The summed E-state index contributed by atoms with van der Waals surface area (Å²) in [5.41, 5.74) is 3.66. The average molecular weight is 561 g/mol. The molecule has 5 aromatic heterocycles. The number of rotatable bonds is 6. The van der Waals surface area contributed by atoms with Crippen LogP contribution >= 0.6 is 0 Å². The van der Waals surface area contributed by atoms with Gasteiger partial charge in [-0.15, -0.1) is 0 Å². The van der Waals surface area contributed by atoms with E-state index in [0.717, 1.165) is 45.6 Å². The molecule has 0 atom stereocenters. The number of aromatic nitrogens is 10. The number of imidazole rings is 4. The minimum Gasteiger partial charge on any atom is -0.370 e. The first-order chi connectivity index (χ1) is 19.1. The molecule has 0 saturated heterocycles. The van der Waals surface area contributed by atoms with Gasteiger partial charge in [0, 0.05) is 51.0 Å². The fraction of sp³-hybridized carbons (Fsp3) is 0.483. The van der Waals surface area contributed by atoms with E-state index in [1.807, 2.05) is 102 Å². The van der Waals surface area contributed by atoms with Crippen molar-refractivity contribution in [3.8, 4) is 0 Å². The minimum atomic E-state index is -1.85. The van der Waals surface area contributed by atoms with Crippen LogP contribution in [0.2, 0.25) is 0 Å². The van der Waals surface area contributed by atoms with E-state index in [-0.39, 0.29) is 5.69 Å². The third-order valence-corrected chi connectivity index (χ3v) is 9.10. The van der Waals surface area contributed by atoms with Crippen LogP contribution in [-0.4, -0.2) is 58.6 Å². The van der Waals surface area contributed by atoms with Crippen LogP contribution < -0.4 is 0 Å². The van der Waals surface area contributed by atoms with Crippen molar-refractivity contribution in [1.82, 2.24) is 48.4 Å². The fourth-order valence-electron chi connectivity index (χ4n) is 5.52. The van der Waals surface area contributed by atoms with Crippen molar-refractivity contribution in [2.45, 2.75) is 66.6 Å². The standard InChI is InChI=1S/C29H40N10O2/c1-14-18(5)36(9)24(30-14)28(40,25-31-15(2)19(6)37(25)10)22-13-23(35-34-22)29(41,26-32-16(3)20(7)38(26)11)27-33-17(4)21(8)39(27)12/h13,40-41H,1-12H3,(H,34,35). The van der Waals surface area contributed by atoms with Crippen molar-refractivity contribution in [1.29, 1.82) is 0 Å². The van der Waals surface area contributed by atoms with Gasteiger partial charge in [-0.05, 0) is 61.5 Å². The van der Waals surface area contributed by atoms with Crippen LogP contribution in [0.25, 0.3) is 0 Å². The van der Waals surface area contributed by atoms with Crippen LogP contribution in [0.15, 0.2) is 6.07 Å². The lowest BCUT2D eigenvalue weighted by molar-refractivity contribution is 0.0922. The Labute approximate surface area is 239 Å². The summed E-state index contributed by atoms with van der Waals surface area (Å²) >= 11 is 0. The topological polar surface area (TPSA) is 140 Å². The number of nitrogens with one attached hydrogen (secondary N) is 1. The molecule has 0 unspecified atom stereocenters. The van der Waals surface area contributed by atoms with E-state index in [2.05, 4.69) is 10.2 Å². The van der Waals surface area contributed by atoms with E-state index >= 15 is 0 Å². The summed E-state index contributed by atoms with van der Waals surface area (Å²) in [7, 11) is 7.46. The number of aromatic amines is 1. The van der Waals surface area contributed by atoms with Gasteiger partial charge in [-0.25, -0.2) is 19.9 Å². The number of hydrogen-bond acceptors (Lipinski definition) is 7. The predicted octanol–water partition coefficient (Wildman–Crippen LogP) is 2.38. The highest BCUT2D eigenvalue weighted by atomic mass is 16.3. The summed E-state index contributed by atoms with van der Waals surface area (Å²) in [5, 5.41) is 33.1. The van der Waals surface area contributed by atoms with Gasteiger partial charge in [0.25, 0.3) is 0 Å². The number of hydrogen-bond donors (Lipinski definition) is 3. The van der Waals surface area contributed by atoms with Crippen molar-refractivity contribution < 1.29 is 10.2 Å². The Morgan fingerprint density at radius 3 is 1.10 bits per heavy atom. The van der Waals surface area contributed by atoms with Gasteiger partial charge in [0.15, 0.2) is 23.3 Å². The zero-order valence-electron chi connectivity index (χ0n) is 26.0. The molecule has 12 nitrogen and oxygen atoms in total. The molecule has 218 valence electrons. The second kappa shape index (κ2) is 9.25. The highest BCUT2D eigenvalue weighted by molar-refractivity contribution is 5.43. The van der Waals surface area contributed by atoms with E-state index in [9.17, 15) is 10.2 Å². The zero-order chi connectivity index (χ0) is 30.3. The highest BCUT2D eigenvalue weighted by Gasteiger charge is 2.49. The number of H-pyrrole nitrogens is 1. The van der Waals surface area contributed by atoms with Crippen LogP contribution in [0.1, 0.15) is 80.2 Å². The molecule has 0 spiro atoms. The molecule has 0 aliphatic heterocycles. The Hall–Kier alpha value is -4.03. The van der Waals surface area contributed by atoms with E-state index in [4.69, 9.17) is 19.9 Å². The molecule has 0 aliphatic carbocycles. The molecule has 0 aromatic carbocycles. The van der Waals surface area contributed by atoms with Crippen LogP contribution in [0.4, 0.5) is 0 Å². The number of aliphatic hydroxyl groups is 2. The summed E-state index contributed by atoms with van der Waals surface area (Å²) < 4.78 is 7.43. The Morgan fingerprint density at radius 1 is 0.537 bits per heavy atom. The van der Waals surface area contributed by atoms with Gasteiger partial charge >= 0.3 is 0 Å². The van der Waals surface area contributed by atoms with Gasteiger partial charge in [0.1, 0.15) is 5.69 Å². The maximum absolute atomic E-state index is 12.7. The van der Waals surface area contributed by atoms with Gasteiger partial charge in [0.2, 0.25) is 11.2 Å². The SMILES string of the molecule is Cc1nc(C(O)(c2cc(C(O)(c3nc(C)c(C)n3C)c3nc(C)c(C)n3C)[nH]n2)c2nc(C)c(C)n2C)n(C)c1C. The third-order valence-electron chi connectivity index (χ3n) is 9.10. The first kappa shape index (κ1) is 28.5. The molecular weight excluding hydrogens is 520 g/mol. The third kappa shape index (κ3) is 3.77. The predicted molar refractivity (Wildman–Crippen MR) is 154 cm³/mol. The van der Waals surface area contributed by atoms with Gasteiger partial charge in [-0.1, -0.05) is 0 Å². The van der Waals surface area contributed by atoms with Crippen LogP contribution in [0.5, 0.6) is 0 Å². The second-order valence-corrected chi connectivity index (χ2v) is 11.2. The normalized spacial score (nSPS) is 12.6. The van der Waals surface area contributed by atoms with Gasteiger partial charge in [-0.2, -0.15) is 5.10 Å². The maximum Gasteiger partial charge on any atom is 0.225 e. The first-order valence-electron chi connectivity index (χ1n) is 13.6. The van der Waals surface area contributed by atoms with Gasteiger partial charge < -0.3 is 28.5 Å². The molecule has 12 heteroatoms. The second-order valence-electron chi connectivity index (χ2n) is 11.2. The minimum absolute atomic E-state index is 0.234. The van der Waals surface area contributed by atoms with Crippen molar-refractivity contribution >= 4 is 0 Å². The van der Waals surface area contributed by atoms with Crippen molar-refractivity contribution in [3.63, 3.8) is 0 Å².